The van der Waals surface area contributed by atoms with E-state index < -0.39 is 0 Å². The summed E-state index contributed by atoms with van der Waals surface area (Å²) in [5.74, 6) is 2.65. The van der Waals surface area contributed by atoms with Crippen LogP contribution in [0.25, 0.3) is 11.2 Å². The molecule has 1 fully saturated rings. The normalized spacial score (nSPS) is 22.3. The summed E-state index contributed by atoms with van der Waals surface area (Å²) < 4.78 is 0. The highest BCUT2D eigenvalue weighted by Crippen LogP contribution is 2.32. The van der Waals surface area contributed by atoms with Crippen LogP contribution in [0.5, 0.6) is 0 Å². The molecule has 0 saturated heterocycles. The van der Waals surface area contributed by atoms with Gasteiger partial charge < -0.3 is 15.6 Å². The van der Waals surface area contributed by atoms with Gasteiger partial charge in [-0.05, 0) is 25.0 Å². The third-order valence-electron chi connectivity index (χ3n) is 3.64. The summed E-state index contributed by atoms with van der Waals surface area (Å²) in [4.78, 5) is 16.2. The first-order chi connectivity index (χ1) is 9.80. The molecule has 6 nitrogen and oxygen atoms in total. The monoisotopic (exact) mass is 292 g/mol. The zero-order valence-electron chi connectivity index (χ0n) is 11.8. The van der Waals surface area contributed by atoms with Gasteiger partial charge in [0.2, 0.25) is 5.95 Å². The molecule has 1 saturated carbocycles. The Kier molecular flexibility index (Phi) is 3.95. The second kappa shape index (κ2) is 5.87. The lowest BCUT2D eigenvalue weighted by Crippen LogP contribution is -2.18. The Morgan fingerprint density at radius 1 is 1.40 bits per heavy atom. The molecule has 2 atom stereocenters. The van der Waals surface area contributed by atoms with Crippen molar-refractivity contribution >= 4 is 34.7 Å². The fraction of sp³-hybridized carbons (Fsp3) is 0.615. The van der Waals surface area contributed by atoms with Crippen LogP contribution in [0.3, 0.4) is 0 Å². The second-order valence-electron chi connectivity index (χ2n) is 4.98. The van der Waals surface area contributed by atoms with Crippen LogP contribution in [0.1, 0.15) is 26.2 Å². The molecule has 7 heteroatoms. The number of nitrogens with one attached hydrogen (secondary N) is 3. The minimum absolute atomic E-state index is 0.491. The van der Waals surface area contributed by atoms with E-state index in [1.165, 1.54) is 25.0 Å². The first kappa shape index (κ1) is 13.5. The Labute approximate surface area is 122 Å². The van der Waals surface area contributed by atoms with Crippen molar-refractivity contribution < 1.29 is 0 Å². The van der Waals surface area contributed by atoms with Crippen molar-refractivity contribution in [1.82, 2.24) is 19.9 Å². The molecule has 108 valence electrons. The Balaban J connectivity index is 1.78. The number of rotatable bonds is 5. The van der Waals surface area contributed by atoms with Crippen LogP contribution in [-0.4, -0.2) is 44.0 Å². The highest BCUT2D eigenvalue weighted by atomic mass is 32.2. The number of aromatic amines is 1. The molecule has 0 spiro atoms. The molecule has 1 aliphatic rings. The second-order valence-corrected chi connectivity index (χ2v) is 6.56. The highest BCUT2D eigenvalue weighted by molar-refractivity contribution is 7.99. The van der Waals surface area contributed by atoms with Crippen LogP contribution in [-0.2, 0) is 0 Å². The molecular weight excluding hydrogens is 272 g/mol. The van der Waals surface area contributed by atoms with Crippen molar-refractivity contribution in [3.63, 3.8) is 0 Å². The molecule has 2 unspecified atom stereocenters. The first-order valence-corrected chi connectivity index (χ1v) is 8.12. The van der Waals surface area contributed by atoms with Gasteiger partial charge in [-0.3, -0.25) is 0 Å². The molecule has 0 radical (unpaired) electrons. The minimum atomic E-state index is 0.491. The summed E-state index contributed by atoms with van der Waals surface area (Å²) in [6.07, 6.45) is 5.35. The molecule has 3 rings (SSSR count). The molecule has 2 heterocycles. The van der Waals surface area contributed by atoms with Crippen molar-refractivity contribution in [3.8, 4) is 0 Å². The van der Waals surface area contributed by atoms with E-state index in [9.17, 15) is 0 Å². The van der Waals surface area contributed by atoms with Gasteiger partial charge in [0.15, 0.2) is 11.5 Å². The molecule has 0 aromatic carbocycles. The van der Waals surface area contributed by atoms with E-state index in [4.69, 9.17) is 0 Å². The van der Waals surface area contributed by atoms with Crippen molar-refractivity contribution in [1.29, 1.82) is 0 Å². The number of anilines is 2. The van der Waals surface area contributed by atoms with Crippen LogP contribution in [0.2, 0.25) is 0 Å². The van der Waals surface area contributed by atoms with Gasteiger partial charge in [-0.2, -0.15) is 21.7 Å². The van der Waals surface area contributed by atoms with E-state index in [2.05, 4.69) is 49.3 Å². The Morgan fingerprint density at radius 3 is 3.10 bits per heavy atom. The van der Waals surface area contributed by atoms with E-state index in [-0.39, 0.29) is 0 Å². The van der Waals surface area contributed by atoms with Crippen LogP contribution < -0.4 is 10.6 Å². The number of nitrogens with zero attached hydrogens (tertiary/aromatic N) is 3. The Hall–Kier alpha value is -1.50. The molecule has 1 aliphatic carbocycles. The maximum Gasteiger partial charge on any atom is 0.226 e. The molecular formula is C13H20N6S. The van der Waals surface area contributed by atoms with Crippen LogP contribution >= 0.6 is 11.8 Å². The Morgan fingerprint density at radius 2 is 2.30 bits per heavy atom. The SMILES string of the molecule is CCSC1CCC(Nc2nc(NC)nc3nc[nH]c23)C1. The number of aromatic nitrogens is 4. The zero-order chi connectivity index (χ0) is 13.9. The molecule has 3 N–H and O–H groups in total. The molecule has 20 heavy (non-hydrogen) atoms. The minimum Gasteiger partial charge on any atom is -0.365 e. The lowest BCUT2D eigenvalue weighted by molar-refractivity contribution is 0.753. The smallest absolute Gasteiger partial charge is 0.226 e. The maximum atomic E-state index is 4.51. The molecule has 0 amide bonds. The summed E-state index contributed by atoms with van der Waals surface area (Å²) >= 11 is 2.06. The van der Waals surface area contributed by atoms with Crippen LogP contribution in [0.4, 0.5) is 11.8 Å². The van der Waals surface area contributed by atoms with Crippen molar-refractivity contribution in [2.24, 2.45) is 0 Å². The van der Waals surface area contributed by atoms with Crippen molar-refractivity contribution in [2.75, 3.05) is 23.4 Å². The summed E-state index contributed by atoms with van der Waals surface area (Å²) in [6.45, 7) is 2.23. The summed E-state index contributed by atoms with van der Waals surface area (Å²) in [5.41, 5.74) is 1.58. The zero-order valence-corrected chi connectivity index (χ0v) is 12.6. The maximum absolute atomic E-state index is 4.51. The predicted molar refractivity (Wildman–Crippen MR) is 84.4 cm³/mol. The van der Waals surface area contributed by atoms with Gasteiger partial charge >= 0.3 is 0 Å². The number of fused-ring (bicyclic) bond motifs is 1. The lowest BCUT2D eigenvalue weighted by atomic mass is 10.2. The van der Waals surface area contributed by atoms with E-state index in [1.807, 2.05) is 7.05 Å². The van der Waals surface area contributed by atoms with Gasteiger partial charge in [-0.15, -0.1) is 0 Å². The largest absolute Gasteiger partial charge is 0.365 e. The third kappa shape index (κ3) is 2.67. The Bertz CT molecular complexity index is 583. The average Bonchev–Trinajstić information content (AvgIpc) is 3.08. The van der Waals surface area contributed by atoms with Gasteiger partial charge in [0, 0.05) is 18.3 Å². The van der Waals surface area contributed by atoms with Crippen molar-refractivity contribution in [3.05, 3.63) is 6.33 Å². The molecule has 2 aromatic heterocycles. The number of imidazole rings is 1. The van der Waals surface area contributed by atoms with Gasteiger partial charge in [-0.25, -0.2) is 4.98 Å². The van der Waals surface area contributed by atoms with E-state index in [1.54, 1.807) is 6.33 Å². The van der Waals surface area contributed by atoms with E-state index in [0.29, 0.717) is 17.6 Å². The summed E-state index contributed by atoms with van der Waals surface area (Å²) in [7, 11) is 1.82. The number of H-pyrrole nitrogens is 1. The summed E-state index contributed by atoms with van der Waals surface area (Å²) in [5, 5.41) is 7.32. The quantitative estimate of drug-likeness (QED) is 0.786. The van der Waals surface area contributed by atoms with Gasteiger partial charge in [0.25, 0.3) is 0 Å². The number of thioether (sulfide) groups is 1. The van der Waals surface area contributed by atoms with Crippen LogP contribution in [0, 0.1) is 0 Å². The average molecular weight is 292 g/mol. The first-order valence-electron chi connectivity index (χ1n) is 7.07. The molecule has 2 aromatic rings. The molecule has 0 bridgehead atoms. The van der Waals surface area contributed by atoms with Gasteiger partial charge in [-0.1, -0.05) is 6.92 Å². The fourth-order valence-electron chi connectivity index (χ4n) is 2.70. The van der Waals surface area contributed by atoms with Crippen molar-refractivity contribution in [2.45, 2.75) is 37.5 Å². The highest BCUT2D eigenvalue weighted by Gasteiger charge is 2.25. The lowest BCUT2D eigenvalue weighted by Gasteiger charge is -2.14. The number of hydrogen-bond acceptors (Lipinski definition) is 6. The number of hydrogen-bond donors (Lipinski definition) is 3. The molecule has 0 aliphatic heterocycles. The van der Waals surface area contributed by atoms with E-state index >= 15 is 0 Å². The topological polar surface area (TPSA) is 78.5 Å². The van der Waals surface area contributed by atoms with Crippen LogP contribution in [0.15, 0.2) is 6.33 Å². The fourth-order valence-corrected chi connectivity index (χ4v) is 3.84. The third-order valence-corrected chi connectivity index (χ3v) is 4.87. The van der Waals surface area contributed by atoms with Gasteiger partial charge in [0.1, 0.15) is 5.52 Å². The van der Waals surface area contributed by atoms with E-state index in [0.717, 1.165) is 16.6 Å². The predicted octanol–water partition coefficient (Wildman–Crippen LogP) is 2.48. The summed E-state index contributed by atoms with van der Waals surface area (Å²) in [6, 6.07) is 0.491. The van der Waals surface area contributed by atoms with Gasteiger partial charge in [0.05, 0.1) is 6.33 Å². The standard InChI is InChI=1S/C13H20N6S/c1-3-20-9-5-4-8(6-9)17-12-10-11(16-7-15-10)18-13(14-2)19-12/h7-9H,3-6H2,1-2H3,(H3,14,15,16,17,18,19).